The second-order valence-electron chi connectivity index (χ2n) is 4.43. The number of aromatic nitrogens is 4. The zero-order valence-electron chi connectivity index (χ0n) is 11.3. The van der Waals surface area contributed by atoms with Crippen molar-refractivity contribution in [2.45, 2.75) is 12.4 Å². The number of fused-ring (bicyclic) bond motifs is 1. The number of alkyl halides is 1. The second-order valence-corrected chi connectivity index (χ2v) is 5.62. The third-order valence-electron chi connectivity index (χ3n) is 3.12. The van der Waals surface area contributed by atoms with Gasteiger partial charge in [0, 0.05) is 4.47 Å². The number of hydrogen-bond donors (Lipinski definition) is 0. The van der Waals surface area contributed by atoms with Gasteiger partial charge in [-0.25, -0.2) is 9.97 Å². The van der Waals surface area contributed by atoms with Crippen molar-refractivity contribution in [3.05, 3.63) is 46.5 Å². The van der Waals surface area contributed by atoms with Crippen LogP contribution < -0.4 is 4.74 Å². The van der Waals surface area contributed by atoms with Gasteiger partial charge in [0.05, 0.1) is 19.5 Å². The number of rotatable bonds is 4. The van der Waals surface area contributed by atoms with E-state index in [1.54, 1.807) is 7.11 Å². The SMILES string of the molecule is COc1ncnc2c1nc(CCl)n2Cc1cccc(Br)c1. The van der Waals surface area contributed by atoms with Crippen LogP contribution in [0.1, 0.15) is 11.4 Å². The van der Waals surface area contributed by atoms with Crippen LogP contribution in [0.3, 0.4) is 0 Å². The molecule has 0 saturated heterocycles. The average molecular weight is 368 g/mol. The van der Waals surface area contributed by atoms with Gasteiger partial charge in [0.2, 0.25) is 5.88 Å². The van der Waals surface area contributed by atoms with E-state index in [9.17, 15) is 0 Å². The molecule has 0 atom stereocenters. The maximum absolute atomic E-state index is 6.01. The first-order valence-corrected chi connectivity index (χ1v) is 7.60. The number of benzene rings is 1. The smallest absolute Gasteiger partial charge is 0.245 e. The molecule has 0 N–H and O–H groups in total. The summed E-state index contributed by atoms with van der Waals surface area (Å²) in [6.07, 6.45) is 1.47. The number of imidazole rings is 1. The standard InChI is InChI=1S/C14H12BrClN4O/c1-21-14-12-13(17-8-18-14)20(11(6-16)19-12)7-9-3-2-4-10(15)5-9/h2-5,8H,6-7H2,1H3. The molecule has 3 aromatic rings. The Bertz CT molecular complexity index is 790. The van der Waals surface area contributed by atoms with E-state index in [4.69, 9.17) is 16.3 Å². The highest BCUT2D eigenvalue weighted by Crippen LogP contribution is 2.24. The molecule has 108 valence electrons. The maximum Gasteiger partial charge on any atom is 0.245 e. The van der Waals surface area contributed by atoms with Gasteiger partial charge in [-0.15, -0.1) is 11.6 Å². The predicted octanol–water partition coefficient (Wildman–Crippen LogP) is 3.38. The zero-order valence-corrected chi connectivity index (χ0v) is 13.6. The molecule has 5 nitrogen and oxygen atoms in total. The summed E-state index contributed by atoms with van der Waals surface area (Å²) in [5.41, 5.74) is 2.48. The van der Waals surface area contributed by atoms with Crippen LogP contribution in [0.4, 0.5) is 0 Å². The number of hydrogen-bond acceptors (Lipinski definition) is 4. The Hall–Kier alpha value is -1.66. The van der Waals surface area contributed by atoms with Crippen LogP contribution in [0.5, 0.6) is 5.88 Å². The van der Waals surface area contributed by atoms with E-state index in [2.05, 4.69) is 36.9 Å². The van der Waals surface area contributed by atoms with Crippen molar-refractivity contribution in [1.29, 1.82) is 0 Å². The lowest BCUT2D eigenvalue weighted by Crippen LogP contribution is -2.04. The van der Waals surface area contributed by atoms with Gasteiger partial charge in [0.25, 0.3) is 0 Å². The summed E-state index contributed by atoms with van der Waals surface area (Å²) in [5, 5.41) is 0. The second kappa shape index (κ2) is 5.99. The number of halogens is 2. The van der Waals surface area contributed by atoms with Crippen molar-refractivity contribution >= 4 is 38.7 Å². The lowest BCUT2D eigenvalue weighted by Gasteiger charge is -2.07. The molecule has 2 heterocycles. The van der Waals surface area contributed by atoms with Crippen LogP contribution in [0.15, 0.2) is 35.1 Å². The van der Waals surface area contributed by atoms with Crippen molar-refractivity contribution in [1.82, 2.24) is 19.5 Å². The number of ether oxygens (including phenoxy) is 1. The molecule has 0 amide bonds. The third kappa shape index (κ3) is 2.73. The summed E-state index contributed by atoms with van der Waals surface area (Å²) in [4.78, 5) is 12.9. The van der Waals surface area contributed by atoms with Gasteiger partial charge in [0.15, 0.2) is 11.2 Å². The highest BCUT2D eigenvalue weighted by molar-refractivity contribution is 9.10. The topological polar surface area (TPSA) is 52.8 Å². The van der Waals surface area contributed by atoms with Gasteiger partial charge in [0.1, 0.15) is 12.2 Å². The Morgan fingerprint density at radius 3 is 2.90 bits per heavy atom. The van der Waals surface area contributed by atoms with Crippen molar-refractivity contribution in [2.24, 2.45) is 0 Å². The molecule has 21 heavy (non-hydrogen) atoms. The van der Waals surface area contributed by atoms with Crippen molar-refractivity contribution in [3.8, 4) is 5.88 Å². The third-order valence-corrected chi connectivity index (χ3v) is 3.85. The van der Waals surface area contributed by atoms with Crippen LogP contribution in [0, 0.1) is 0 Å². The predicted molar refractivity (Wildman–Crippen MR) is 84.7 cm³/mol. The van der Waals surface area contributed by atoms with Crippen LogP contribution in [-0.4, -0.2) is 26.6 Å². The molecule has 0 aliphatic heterocycles. The summed E-state index contributed by atoms with van der Waals surface area (Å²) in [7, 11) is 1.56. The molecule has 3 rings (SSSR count). The molecule has 0 aliphatic rings. The van der Waals surface area contributed by atoms with Gasteiger partial charge in [-0.3, -0.25) is 0 Å². The number of methoxy groups -OCH3 is 1. The minimum Gasteiger partial charge on any atom is -0.479 e. The first kappa shape index (κ1) is 14.3. The summed E-state index contributed by atoms with van der Waals surface area (Å²) in [6.45, 7) is 0.637. The fourth-order valence-corrected chi connectivity index (χ4v) is 2.85. The minimum absolute atomic E-state index is 0.299. The average Bonchev–Trinajstić information content (AvgIpc) is 2.85. The fraction of sp³-hybridized carbons (Fsp3) is 0.214. The lowest BCUT2D eigenvalue weighted by atomic mass is 10.2. The van der Waals surface area contributed by atoms with Crippen molar-refractivity contribution in [2.75, 3.05) is 7.11 Å². The quantitative estimate of drug-likeness (QED) is 0.663. The summed E-state index contributed by atoms with van der Waals surface area (Å²) < 4.78 is 8.24. The largest absolute Gasteiger partial charge is 0.479 e. The summed E-state index contributed by atoms with van der Waals surface area (Å²) in [6, 6.07) is 8.09. The maximum atomic E-state index is 6.01. The molecule has 0 bridgehead atoms. The van der Waals surface area contributed by atoms with E-state index in [1.807, 2.05) is 22.8 Å². The van der Waals surface area contributed by atoms with Gasteiger partial charge in [-0.05, 0) is 17.7 Å². The molecule has 2 aromatic heterocycles. The molecule has 0 spiro atoms. The Labute approximate surface area is 135 Å². The number of nitrogens with zero attached hydrogens (tertiary/aromatic N) is 4. The fourth-order valence-electron chi connectivity index (χ4n) is 2.20. The van der Waals surface area contributed by atoms with E-state index < -0.39 is 0 Å². The van der Waals surface area contributed by atoms with Gasteiger partial charge < -0.3 is 9.30 Å². The molecule has 0 aliphatic carbocycles. The molecule has 7 heteroatoms. The molecular formula is C14H12BrClN4O. The first-order chi connectivity index (χ1) is 10.2. The normalized spacial score (nSPS) is 11.0. The van der Waals surface area contributed by atoms with Crippen LogP contribution in [-0.2, 0) is 12.4 Å². The minimum atomic E-state index is 0.299. The Balaban J connectivity index is 2.12. The molecule has 0 radical (unpaired) electrons. The monoisotopic (exact) mass is 366 g/mol. The van der Waals surface area contributed by atoms with Crippen LogP contribution >= 0.6 is 27.5 Å². The Kier molecular flexibility index (Phi) is 4.07. The highest BCUT2D eigenvalue weighted by Gasteiger charge is 2.16. The van der Waals surface area contributed by atoms with Gasteiger partial charge in [-0.1, -0.05) is 28.1 Å². The molecule has 0 fully saturated rings. The highest BCUT2D eigenvalue weighted by atomic mass is 79.9. The van der Waals surface area contributed by atoms with Crippen LogP contribution in [0.25, 0.3) is 11.2 Å². The molecule has 1 aromatic carbocycles. The zero-order chi connectivity index (χ0) is 14.8. The van der Waals surface area contributed by atoms with E-state index in [1.165, 1.54) is 6.33 Å². The van der Waals surface area contributed by atoms with Gasteiger partial charge >= 0.3 is 0 Å². The molecular weight excluding hydrogens is 356 g/mol. The van der Waals surface area contributed by atoms with Crippen molar-refractivity contribution in [3.63, 3.8) is 0 Å². The van der Waals surface area contributed by atoms with E-state index in [-0.39, 0.29) is 0 Å². The Morgan fingerprint density at radius 1 is 1.33 bits per heavy atom. The lowest BCUT2D eigenvalue weighted by molar-refractivity contribution is 0.401. The summed E-state index contributed by atoms with van der Waals surface area (Å²) >= 11 is 9.49. The van der Waals surface area contributed by atoms with E-state index >= 15 is 0 Å². The first-order valence-electron chi connectivity index (χ1n) is 6.27. The Morgan fingerprint density at radius 2 is 2.19 bits per heavy atom. The van der Waals surface area contributed by atoms with Crippen LogP contribution in [0.2, 0.25) is 0 Å². The molecule has 0 saturated carbocycles. The van der Waals surface area contributed by atoms with Gasteiger partial charge in [-0.2, -0.15) is 4.98 Å². The summed E-state index contributed by atoms with van der Waals surface area (Å²) in [5.74, 6) is 1.50. The molecule has 0 unspecified atom stereocenters. The van der Waals surface area contributed by atoms with E-state index in [0.29, 0.717) is 23.8 Å². The van der Waals surface area contributed by atoms with Crippen molar-refractivity contribution < 1.29 is 4.74 Å². The van der Waals surface area contributed by atoms with E-state index in [0.717, 1.165) is 21.5 Å².